The summed E-state index contributed by atoms with van der Waals surface area (Å²) in [6.45, 7) is 0.571. The molecule has 0 atom stereocenters. The molecular weight excluding hydrogens is 400 g/mol. The third kappa shape index (κ3) is 4.35. The summed E-state index contributed by atoms with van der Waals surface area (Å²) in [4.78, 5) is 7.47. The number of aromatic hydroxyl groups is 1. The van der Waals surface area contributed by atoms with Gasteiger partial charge in [-0.2, -0.15) is 0 Å². The highest BCUT2D eigenvalue weighted by atomic mass is 32.2. The van der Waals surface area contributed by atoms with Gasteiger partial charge in [-0.3, -0.25) is 4.99 Å². The van der Waals surface area contributed by atoms with Crippen molar-refractivity contribution in [3.8, 4) is 5.88 Å². The molecule has 1 aromatic heterocycles. The number of nitrogens with zero attached hydrogens (tertiary/aromatic N) is 1. The number of hydrogen-bond acceptors (Lipinski definition) is 5. The Kier molecular flexibility index (Phi) is 5.26. The molecule has 0 unspecified atom stereocenters. The lowest BCUT2D eigenvalue weighted by Crippen LogP contribution is -2.11. The molecular formula is C22H20N4O3S. The number of primary sulfonamides is 1. The topological polar surface area (TPSA) is 121 Å². The Balaban J connectivity index is 1.41. The Hall–Kier alpha value is -3.62. The normalized spacial score (nSPS) is 11.9. The summed E-state index contributed by atoms with van der Waals surface area (Å²) in [5, 5.41) is 19.3. The number of para-hydroxylation sites is 1. The van der Waals surface area contributed by atoms with Gasteiger partial charge in [-0.05, 0) is 48.0 Å². The Morgan fingerprint density at radius 3 is 2.40 bits per heavy atom. The van der Waals surface area contributed by atoms with E-state index < -0.39 is 10.0 Å². The number of H-pyrrole nitrogens is 1. The standard InChI is InChI=1S/C22H20N4O3S/c23-30(28,29)18-11-9-17(10-12-18)24-13-15-5-7-16(8-6-15)25-14-20-19-3-1-2-4-21(19)26-22(20)27/h1-12,14,24,26-27H,13H2,(H2,23,28,29). The molecule has 3 aromatic carbocycles. The summed E-state index contributed by atoms with van der Waals surface area (Å²) in [6, 6.07) is 21.6. The predicted octanol–water partition coefficient (Wildman–Crippen LogP) is 3.88. The van der Waals surface area contributed by atoms with Crippen molar-refractivity contribution in [3.05, 3.63) is 83.9 Å². The van der Waals surface area contributed by atoms with Crippen LogP contribution in [-0.4, -0.2) is 24.7 Å². The van der Waals surface area contributed by atoms with Crippen LogP contribution in [0.25, 0.3) is 10.9 Å². The molecule has 30 heavy (non-hydrogen) atoms. The monoisotopic (exact) mass is 420 g/mol. The van der Waals surface area contributed by atoms with Crippen LogP contribution < -0.4 is 10.5 Å². The van der Waals surface area contributed by atoms with Crippen molar-refractivity contribution in [2.45, 2.75) is 11.4 Å². The molecule has 4 rings (SSSR count). The van der Waals surface area contributed by atoms with Gasteiger partial charge in [0.2, 0.25) is 10.0 Å². The molecule has 0 bridgehead atoms. The molecule has 0 aliphatic carbocycles. The van der Waals surface area contributed by atoms with Gasteiger partial charge in [-0.25, -0.2) is 13.6 Å². The molecule has 7 nitrogen and oxygen atoms in total. The lowest BCUT2D eigenvalue weighted by atomic mass is 10.2. The summed E-state index contributed by atoms with van der Waals surface area (Å²) in [7, 11) is -3.69. The van der Waals surface area contributed by atoms with Crippen molar-refractivity contribution in [1.82, 2.24) is 4.98 Å². The van der Waals surface area contributed by atoms with E-state index in [0.717, 1.165) is 27.8 Å². The van der Waals surface area contributed by atoms with E-state index in [0.29, 0.717) is 12.1 Å². The van der Waals surface area contributed by atoms with Crippen LogP contribution in [0.2, 0.25) is 0 Å². The number of fused-ring (bicyclic) bond motifs is 1. The van der Waals surface area contributed by atoms with Crippen LogP contribution in [0.4, 0.5) is 11.4 Å². The average molecular weight is 420 g/mol. The third-order valence-corrected chi connectivity index (χ3v) is 5.61. The fraction of sp³-hybridized carbons (Fsp3) is 0.0455. The average Bonchev–Trinajstić information content (AvgIpc) is 3.06. The molecule has 4 aromatic rings. The molecule has 0 aliphatic heterocycles. The van der Waals surface area contributed by atoms with Gasteiger partial charge in [0.1, 0.15) is 0 Å². The van der Waals surface area contributed by atoms with E-state index in [1.807, 2.05) is 48.5 Å². The zero-order valence-electron chi connectivity index (χ0n) is 15.9. The molecule has 0 fully saturated rings. The first-order valence-corrected chi connectivity index (χ1v) is 10.7. The minimum absolute atomic E-state index is 0.0801. The lowest BCUT2D eigenvalue weighted by Gasteiger charge is -2.07. The smallest absolute Gasteiger partial charge is 0.238 e. The molecule has 1 heterocycles. The van der Waals surface area contributed by atoms with E-state index >= 15 is 0 Å². The van der Waals surface area contributed by atoms with Crippen LogP contribution in [0.15, 0.2) is 82.7 Å². The number of hydrogen-bond donors (Lipinski definition) is 4. The van der Waals surface area contributed by atoms with Crippen LogP contribution in [0, 0.1) is 0 Å². The number of benzene rings is 3. The van der Waals surface area contributed by atoms with Gasteiger partial charge in [0, 0.05) is 29.3 Å². The molecule has 5 N–H and O–H groups in total. The quantitative estimate of drug-likeness (QED) is 0.354. The molecule has 0 saturated heterocycles. The van der Waals surface area contributed by atoms with E-state index in [1.165, 1.54) is 12.1 Å². The van der Waals surface area contributed by atoms with Crippen molar-refractivity contribution in [3.63, 3.8) is 0 Å². The summed E-state index contributed by atoms with van der Waals surface area (Å²) in [5.41, 5.74) is 4.11. The molecule has 8 heteroatoms. The highest BCUT2D eigenvalue weighted by Gasteiger charge is 2.08. The number of nitrogens with two attached hydrogens (primary N) is 1. The van der Waals surface area contributed by atoms with Gasteiger partial charge in [0.25, 0.3) is 0 Å². The summed E-state index contributed by atoms with van der Waals surface area (Å²) >= 11 is 0. The Bertz CT molecular complexity index is 1310. The van der Waals surface area contributed by atoms with Crippen LogP contribution in [0.5, 0.6) is 5.88 Å². The Labute approximate surface area is 174 Å². The highest BCUT2D eigenvalue weighted by molar-refractivity contribution is 7.89. The van der Waals surface area contributed by atoms with Gasteiger partial charge < -0.3 is 15.4 Å². The fourth-order valence-corrected chi connectivity index (χ4v) is 3.60. The van der Waals surface area contributed by atoms with E-state index in [1.54, 1.807) is 18.3 Å². The van der Waals surface area contributed by atoms with Crippen LogP contribution in [-0.2, 0) is 16.6 Å². The van der Waals surface area contributed by atoms with E-state index in [4.69, 9.17) is 5.14 Å². The summed E-state index contributed by atoms with van der Waals surface area (Å²) in [5.74, 6) is 0.0919. The van der Waals surface area contributed by atoms with Crippen molar-refractivity contribution < 1.29 is 13.5 Å². The SMILES string of the molecule is NS(=O)(=O)c1ccc(NCc2ccc(N=Cc3c(O)[nH]c4ccccc34)cc2)cc1. The van der Waals surface area contributed by atoms with Crippen LogP contribution >= 0.6 is 0 Å². The molecule has 0 saturated carbocycles. The van der Waals surface area contributed by atoms with E-state index in [9.17, 15) is 13.5 Å². The van der Waals surface area contributed by atoms with Gasteiger partial charge in [-0.15, -0.1) is 0 Å². The fourth-order valence-electron chi connectivity index (χ4n) is 3.09. The lowest BCUT2D eigenvalue weighted by molar-refractivity contribution is 0.457. The van der Waals surface area contributed by atoms with Crippen molar-refractivity contribution in [1.29, 1.82) is 0 Å². The number of nitrogens with one attached hydrogen (secondary N) is 2. The largest absolute Gasteiger partial charge is 0.494 e. The second-order valence-electron chi connectivity index (χ2n) is 6.78. The number of anilines is 1. The number of rotatable bonds is 6. The van der Waals surface area contributed by atoms with Gasteiger partial charge >= 0.3 is 0 Å². The van der Waals surface area contributed by atoms with Crippen molar-refractivity contribution in [2.75, 3.05) is 5.32 Å². The zero-order valence-corrected chi connectivity index (χ0v) is 16.7. The highest BCUT2D eigenvalue weighted by Crippen LogP contribution is 2.26. The van der Waals surface area contributed by atoms with Crippen LogP contribution in [0.1, 0.15) is 11.1 Å². The van der Waals surface area contributed by atoms with Crippen LogP contribution in [0.3, 0.4) is 0 Å². The Morgan fingerprint density at radius 2 is 1.70 bits per heavy atom. The van der Waals surface area contributed by atoms with E-state index in [2.05, 4.69) is 15.3 Å². The first-order chi connectivity index (χ1) is 14.4. The molecule has 0 aliphatic rings. The molecule has 0 spiro atoms. The minimum atomic E-state index is -3.69. The number of aromatic nitrogens is 1. The Morgan fingerprint density at radius 1 is 1.00 bits per heavy atom. The molecule has 152 valence electrons. The maximum absolute atomic E-state index is 11.3. The first kappa shape index (κ1) is 19.7. The van der Waals surface area contributed by atoms with Gasteiger partial charge in [0.05, 0.1) is 16.1 Å². The molecule has 0 amide bonds. The first-order valence-electron chi connectivity index (χ1n) is 9.19. The summed E-state index contributed by atoms with van der Waals surface area (Å²) < 4.78 is 22.6. The molecule has 0 radical (unpaired) electrons. The summed E-state index contributed by atoms with van der Waals surface area (Å²) in [6.07, 6.45) is 1.65. The third-order valence-electron chi connectivity index (χ3n) is 4.68. The van der Waals surface area contributed by atoms with Crippen molar-refractivity contribution >= 4 is 38.5 Å². The number of aliphatic imine (C=N–C) groups is 1. The maximum atomic E-state index is 11.3. The van der Waals surface area contributed by atoms with Crippen molar-refractivity contribution in [2.24, 2.45) is 10.1 Å². The maximum Gasteiger partial charge on any atom is 0.238 e. The number of sulfonamides is 1. The van der Waals surface area contributed by atoms with E-state index in [-0.39, 0.29) is 10.8 Å². The second kappa shape index (κ2) is 8.02. The van der Waals surface area contributed by atoms with Gasteiger partial charge in [0.15, 0.2) is 5.88 Å². The van der Waals surface area contributed by atoms with Gasteiger partial charge in [-0.1, -0.05) is 30.3 Å². The predicted molar refractivity (Wildman–Crippen MR) is 119 cm³/mol. The number of aromatic amines is 1. The second-order valence-corrected chi connectivity index (χ2v) is 8.34. The zero-order chi connectivity index (χ0) is 21.1. The minimum Gasteiger partial charge on any atom is -0.494 e.